The van der Waals surface area contributed by atoms with Crippen LogP contribution in [0.2, 0.25) is 0 Å². The molecule has 2 rings (SSSR count). The number of fused-ring (bicyclic) bond motifs is 2. The van der Waals surface area contributed by atoms with E-state index in [4.69, 9.17) is 5.73 Å². The molecule has 2 heterocycles. The Labute approximate surface area is 97.8 Å². The Morgan fingerprint density at radius 1 is 1.27 bits per heavy atom. The first-order valence-corrected chi connectivity index (χ1v) is 5.56. The SMILES string of the molecule is CC.Cl.NC(=O)NC1C[C@H]2CC[C@@H](C1)N2. The summed E-state index contributed by atoms with van der Waals surface area (Å²) in [7, 11) is 0. The Bertz CT molecular complexity index is 189. The van der Waals surface area contributed by atoms with Crippen LogP contribution in [0.15, 0.2) is 0 Å². The molecule has 0 aromatic carbocycles. The van der Waals surface area contributed by atoms with Gasteiger partial charge in [-0.25, -0.2) is 4.79 Å². The average Bonchev–Trinajstić information content (AvgIpc) is 2.48. The standard InChI is InChI=1S/C8H15N3O.C2H6.ClH/c9-8(12)11-7-3-5-1-2-6(4-7)10-5;1-2;/h5-7,10H,1-4H2,(H3,9,11,12);1-2H3;1H/t5-,6+,7?;;. The van der Waals surface area contributed by atoms with Crippen LogP contribution in [0.25, 0.3) is 0 Å². The zero-order valence-electron chi connectivity index (χ0n) is 9.45. The van der Waals surface area contributed by atoms with Crippen molar-refractivity contribution in [1.82, 2.24) is 10.6 Å². The van der Waals surface area contributed by atoms with Crippen molar-refractivity contribution in [2.24, 2.45) is 5.73 Å². The number of hydrogen-bond acceptors (Lipinski definition) is 2. The van der Waals surface area contributed by atoms with Crippen LogP contribution in [0.1, 0.15) is 39.5 Å². The van der Waals surface area contributed by atoms with Gasteiger partial charge < -0.3 is 16.4 Å². The molecule has 90 valence electrons. The van der Waals surface area contributed by atoms with Gasteiger partial charge in [0.25, 0.3) is 0 Å². The second-order valence-electron chi connectivity index (χ2n) is 3.81. The molecule has 15 heavy (non-hydrogen) atoms. The van der Waals surface area contributed by atoms with E-state index in [1.807, 2.05) is 13.8 Å². The molecular weight excluding hydrogens is 214 g/mol. The molecule has 2 aliphatic heterocycles. The third-order valence-corrected chi connectivity index (χ3v) is 2.82. The van der Waals surface area contributed by atoms with Gasteiger partial charge in [-0.3, -0.25) is 0 Å². The number of nitrogens with two attached hydrogens (primary N) is 1. The maximum atomic E-state index is 10.6. The summed E-state index contributed by atoms with van der Waals surface area (Å²) >= 11 is 0. The monoisotopic (exact) mass is 235 g/mol. The average molecular weight is 236 g/mol. The second kappa shape index (κ2) is 6.90. The highest BCUT2D eigenvalue weighted by molar-refractivity contribution is 5.85. The molecule has 0 radical (unpaired) electrons. The quantitative estimate of drug-likeness (QED) is 0.643. The smallest absolute Gasteiger partial charge is 0.312 e. The maximum Gasteiger partial charge on any atom is 0.312 e. The van der Waals surface area contributed by atoms with Crippen LogP contribution in [0.5, 0.6) is 0 Å². The third-order valence-electron chi connectivity index (χ3n) is 2.82. The molecule has 1 unspecified atom stereocenters. The molecule has 2 aliphatic rings. The van der Waals surface area contributed by atoms with Crippen molar-refractivity contribution >= 4 is 18.4 Å². The van der Waals surface area contributed by atoms with Crippen LogP contribution in [-0.2, 0) is 0 Å². The van der Waals surface area contributed by atoms with Crippen molar-refractivity contribution in [1.29, 1.82) is 0 Å². The number of amides is 2. The molecule has 3 atom stereocenters. The summed E-state index contributed by atoms with van der Waals surface area (Å²) in [5.41, 5.74) is 5.06. The number of carbonyl (C=O) groups is 1. The topological polar surface area (TPSA) is 67.2 Å². The number of rotatable bonds is 1. The lowest BCUT2D eigenvalue weighted by molar-refractivity contribution is 0.237. The minimum atomic E-state index is -0.388. The van der Waals surface area contributed by atoms with E-state index in [2.05, 4.69) is 10.6 Å². The number of urea groups is 1. The van der Waals surface area contributed by atoms with Crippen molar-refractivity contribution in [3.63, 3.8) is 0 Å². The molecular formula is C10H22ClN3O. The van der Waals surface area contributed by atoms with Gasteiger partial charge in [0.15, 0.2) is 0 Å². The summed E-state index contributed by atoms with van der Waals surface area (Å²) in [6.45, 7) is 4.00. The lowest BCUT2D eigenvalue weighted by atomic mass is 10.0. The van der Waals surface area contributed by atoms with Crippen LogP contribution in [0, 0.1) is 0 Å². The van der Waals surface area contributed by atoms with Crippen LogP contribution >= 0.6 is 12.4 Å². The van der Waals surface area contributed by atoms with Gasteiger partial charge in [-0.2, -0.15) is 0 Å². The van der Waals surface area contributed by atoms with Gasteiger partial charge in [0.1, 0.15) is 0 Å². The lowest BCUT2D eigenvalue weighted by Gasteiger charge is -2.28. The van der Waals surface area contributed by atoms with Crippen LogP contribution in [0.3, 0.4) is 0 Å². The van der Waals surface area contributed by atoms with Gasteiger partial charge in [-0.05, 0) is 25.7 Å². The minimum Gasteiger partial charge on any atom is -0.352 e. The van der Waals surface area contributed by atoms with Gasteiger partial charge in [0.2, 0.25) is 0 Å². The molecule has 5 heteroatoms. The normalized spacial score (nSPS) is 32.0. The molecule has 0 aliphatic carbocycles. The Balaban J connectivity index is 0.000000617. The van der Waals surface area contributed by atoms with E-state index in [1.165, 1.54) is 12.8 Å². The predicted octanol–water partition coefficient (Wildman–Crippen LogP) is 1.39. The predicted molar refractivity (Wildman–Crippen MR) is 64.3 cm³/mol. The van der Waals surface area contributed by atoms with Crippen LogP contribution in [0.4, 0.5) is 4.79 Å². The molecule has 0 aromatic rings. The highest BCUT2D eigenvalue weighted by atomic mass is 35.5. The first-order chi connectivity index (χ1) is 6.74. The van der Waals surface area contributed by atoms with Crippen molar-refractivity contribution in [2.75, 3.05) is 0 Å². The number of carbonyl (C=O) groups excluding carboxylic acids is 1. The zero-order valence-corrected chi connectivity index (χ0v) is 10.3. The first-order valence-electron chi connectivity index (χ1n) is 5.56. The van der Waals surface area contributed by atoms with Gasteiger partial charge in [0, 0.05) is 18.1 Å². The molecule has 2 saturated heterocycles. The van der Waals surface area contributed by atoms with Gasteiger partial charge in [-0.15, -0.1) is 12.4 Å². The fraction of sp³-hybridized carbons (Fsp3) is 0.900. The first kappa shape index (κ1) is 14.5. The van der Waals surface area contributed by atoms with Gasteiger partial charge in [0.05, 0.1) is 0 Å². The van der Waals surface area contributed by atoms with E-state index in [0.717, 1.165) is 12.8 Å². The van der Waals surface area contributed by atoms with Crippen LogP contribution in [-0.4, -0.2) is 24.2 Å². The number of primary amides is 1. The molecule has 2 amide bonds. The molecule has 2 fully saturated rings. The van der Waals surface area contributed by atoms with Crippen LogP contribution < -0.4 is 16.4 Å². The van der Waals surface area contributed by atoms with E-state index >= 15 is 0 Å². The number of halogens is 1. The summed E-state index contributed by atoms with van der Waals surface area (Å²) in [5.74, 6) is 0. The maximum absolute atomic E-state index is 10.6. The Hall–Kier alpha value is -0.480. The van der Waals surface area contributed by atoms with E-state index < -0.39 is 0 Å². The van der Waals surface area contributed by atoms with Gasteiger partial charge in [-0.1, -0.05) is 13.8 Å². The lowest BCUT2D eigenvalue weighted by Crippen LogP contribution is -2.49. The van der Waals surface area contributed by atoms with Crippen molar-refractivity contribution < 1.29 is 4.79 Å². The summed E-state index contributed by atoms with van der Waals surface area (Å²) in [5, 5.41) is 6.28. The highest BCUT2D eigenvalue weighted by Crippen LogP contribution is 2.26. The number of piperidine rings is 1. The van der Waals surface area contributed by atoms with Crippen molar-refractivity contribution in [3.8, 4) is 0 Å². The second-order valence-corrected chi connectivity index (χ2v) is 3.81. The Kier molecular flexibility index (Phi) is 6.68. The fourth-order valence-electron chi connectivity index (χ4n) is 2.38. The Morgan fingerprint density at radius 3 is 2.13 bits per heavy atom. The number of hydrogen-bond donors (Lipinski definition) is 3. The summed E-state index contributed by atoms with van der Waals surface area (Å²) < 4.78 is 0. The molecule has 0 spiro atoms. The molecule has 0 saturated carbocycles. The fourth-order valence-corrected chi connectivity index (χ4v) is 2.38. The summed E-state index contributed by atoms with van der Waals surface area (Å²) in [4.78, 5) is 10.6. The van der Waals surface area contributed by atoms with E-state index in [1.54, 1.807) is 0 Å². The Morgan fingerprint density at radius 2 is 1.73 bits per heavy atom. The summed E-state index contributed by atoms with van der Waals surface area (Å²) in [6, 6.07) is 1.14. The van der Waals surface area contributed by atoms with E-state index in [9.17, 15) is 4.79 Å². The van der Waals surface area contributed by atoms with Crippen molar-refractivity contribution in [2.45, 2.75) is 57.7 Å². The minimum absolute atomic E-state index is 0. The molecule has 2 bridgehead atoms. The molecule has 4 nitrogen and oxygen atoms in total. The largest absolute Gasteiger partial charge is 0.352 e. The zero-order chi connectivity index (χ0) is 10.6. The van der Waals surface area contributed by atoms with E-state index in [0.29, 0.717) is 18.1 Å². The number of nitrogens with one attached hydrogen (secondary N) is 2. The molecule has 0 aromatic heterocycles. The van der Waals surface area contributed by atoms with E-state index in [-0.39, 0.29) is 18.4 Å². The molecule has 4 N–H and O–H groups in total. The van der Waals surface area contributed by atoms with Gasteiger partial charge >= 0.3 is 6.03 Å². The third kappa shape index (κ3) is 4.26. The summed E-state index contributed by atoms with van der Waals surface area (Å²) in [6.07, 6.45) is 4.59. The van der Waals surface area contributed by atoms with Crippen molar-refractivity contribution in [3.05, 3.63) is 0 Å². The highest BCUT2D eigenvalue weighted by Gasteiger charge is 2.33.